The van der Waals surface area contributed by atoms with Crippen LogP contribution in [0, 0.1) is 0 Å². The molecule has 0 fully saturated rings. The lowest BCUT2D eigenvalue weighted by Gasteiger charge is -2.06. The molecule has 1 rings (SSSR count). The van der Waals surface area contributed by atoms with Crippen LogP contribution in [-0.4, -0.2) is 17.3 Å². The lowest BCUT2D eigenvalue weighted by molar-refractivity contribution is -0.120. The molecule has 0 saturated heterocycles. The van der Waals surface area contributed by atoms with Gasteiger partial charge in [-0.2, -0.15) is 0 Å². The molecule has 0 aromatic rings. The summed E-state index contributed by atoms with van der Waals surface area (Å²) in [6, 6.07) is 0. The van der Waals surface area contributed by atoms with Crippen molar-refractivity contribution in [1.29, 1.82) is 0 Å². The smallest absolute Gasteiger partial charge is 0.233 e. The van der Waals surface area contributed by atoms with Crippen molar-refractivity contribution in [2.24, 2.45) is 0 Å². The number of halogens is 1. The van der Waals surface area contributed by atoms with Crippen molar-refractivity contribution in [3.63, 3.8) is 0 Å². The van der Waals surface area contributed by atoms with Crippen molar-refractivity contribution in [1.82, 2.24) is 5.32 Å². The van der Waals surface area contributed by atoms with Crippen molar-refractivity contribution in [2.75, 3.05) is 6.54 Å². The number of nitrogens with one attached hydrogen (secondary N) is 1. The highest BCUT2D eigenvalue weighted by Crippen LogP contribution is 2.19. The Hall–Kier alpha value is -0.310. The van der Waals surface area contributed by atoms with Gasteiger partial charge in [0.05, 0.1) is 4.83 Å². The standard InChI is InChI=1S/C10H16BrNO/c1-8(11)10(13)12-7-6-9-4-2-3-5-9/h4,8H,2-3,5-7H2,1H3,(H,12,13). The zero-order valence-corrected chi connectivity index (χ0v) is 9.56. The van der Waals surface area contributed by atoms with Crippen LogP contribution < -0.4 is 5.32 Å². The number of amides is 1. The van der Waals surface area contributed by atoms with Gasteiger partial charge in [0.25, 0.3) is 0 Å². The number of carbonyl (C=O) groups is 1. The van der Waals surface area contributed by atoms with Crippen molar-refractivity contribution >= 4 is 21.8 Å². The molecule has 1 unspecified atom stereocenters. The van der Waals surface area contributed by atoms with Gasteiger partial charge in [-0.15, -0.1) is 0 Å². The minimum atomic E-state index is -0.0787. The number of carbonyl (C=O) groups excluding carboxylic acids is 1. The third-order valence-corrected chi connectivity index (χ3v) is 2.66. The van der Waals surface area contributed by atoms with E-state index >= 15 is 0 Å². The van der Waals surface area contributed by atoms with Gasteiger partial charge in [-0.1, -0.05) is 27.6 Å². The molecule has 2 nitrogen and oxygen atoms in total. The molecule has 0 aromatic carbocycles. The van der Waals surface area contributed by atoms with Crippen molar-refractivity contribution < 1.29 is 4.79 Å². The molecule has 0 radical (unpaired) electrons. The van der Waals surface area contributed by atoms with Crippen LogP contribution in [0.3, 0.4) is 0 Å². The summed E-state index contributed by atoms with van der Waals surface area (Å²) in [5.41, 5.74) is 1.50. The molecule has 1 N–H and O–H groups in total. The first-order valence-electron chi connectivity index (χ1n) is 4.80. The monoisotopic (exact) mass is 245 g/mol. The molecule has 3 heteroatoms. The summed E-state index contributed by atoms with van der Waals surface area (Å²) in [5, 5.41) is 2.88. The molecular formula is C10H16BrNO. The highest BCUT2D eigenvalue weighted by atomic mass is 79.9. The van der Waals surface area contributed by atoms with E-state index in [2.05, 4.69) is 27.3 Å². The summed E-state index contributed by atoms with van der Waals surface area (Å²) in [7, 11) is 0. The first kappa shape index (κ1) is 10.8. The predicted octanol–water partition coefficient (Wildman–Crippen LogP) is 2.39. The second-order valence-corrected chi connectivity index (χ2v) is 4.79. The van der Waals surface area contributed by atoms with Crippen LogP contribution >= 0.6 is 15.9 Å². The minimum Gasteiger partial charge on any atom is -0.355 e. The molecule has 0 aromatic heterocycles. The van der Waals surface area contributed by atoms with Gasteiger partial charge >= 0.3 is 0 Å². The quantitative estimate of drug-likeness (QED) is 0.599. The summed E-state index contributed by atoms with van der Waals surface area (Å²) < 4.78 is 0. The van der Waals surface area contributed by atoms with Crippen LogP contribution in [0.5, 0.6) is 0 Å². The van der Waals surface area contributed by atoms with Gasteiger partial charge < -0.3 is 5.32 Å². The predicted molar refractivity (Wildman–Crippen MR) is 57.9 cm³/mol. The average Bonchev–Trinajstić information content (AvgIpc) is 2.56. The highest BCUT2D eigenvalue weighted by Gasteiger charge is 2.08. The first-order chi connectivity index (χ1) is 6.20. The van der Waals surface area contributed by atoms with E-state index in [1.165, 1.54) is 24.8 Å². The lowest BCUT2D eigenvalue weighted by atomic mass is 10.2. The Morgan fingerprint density at radius 3 is 3.08 bits per heavy atom. The Kier molecular flexibility index (Phi) is 4.50. The Morgan fingerprint density at radius 2 is 2.54 bits per heavy atom. The molecule has 74 valence electrons. The van der Waals surface area contributed by atoms with Crippen LogP contribution in [0.4, 0.5) is 0 Å². The number of allylic oxidation sites excluding steroid dienone is 1. The molecule has 1 amide bonds. The number of hydrogen-bond acceptors (Lipinski definition) is 1. The molecule has 0 saturated carbocycles. The lowest BCUT2D eigenvalue weighted by Crippen LogP contribution is -2.30. The SMILES string of the molecule is CC(Br)C(=O)NCCC1=CCCC1. The normalized spacial score (nSPS) is 18.2. The summed E-state index contributed by atoms with van der Waals surface area (Å²) in [4.78, 5) is 11.1. The molecule has 13 heavy (non-hydrogen) atoms. The minimum absolute atomic E-state index is 0.0787. The van der Waals surface area contributed by atoms with E-state index in [0.29, 0.717) is 0 Å². The zero-order valence-electron chi connectivity index (χ0n) is 7.98. The molecule has 1 aliphatic rings. The second-order valence-electron chi connectivity index (χ2n) is 3.41. The van der Waals surface area contributed by atoms with Crippen LogP contribution in [0.25, 0.3) is 0 Å². The van der Waals surface area contributed by atoms with E-state index in [4.69, 9.17) is 0 Å². The Balaban J connectivity index is 2.10. The molecule has 0 bridgehead atoms. The van der Waals surface area contributed by atoms with Crippen LogP contribution in [0.15, 0.2) is 11.6 Å². The van der Waals surface area contributed by atoms with Crippen molar-refractivity contribution in [3.05, 3.63) is 11.6 Å². The third-order valence-electron chi connectivity index (χ3n) is 2.24. The first-order valence-corrected chi connectivity index (χ1v) is 5.71. The Labute approximate surface area is 87.9 Å². The average molecular weight is 246 g/mol. The van der Waals surface area contributed by atoms with Gasteiger partial charge in [0.15, 0.2) is 0 Å². The van der Waals surface area contributed by atoms with Crippen LogP contribution in [0.1, 0.15) is 32.6 Å². The fraction of sp³-hybridized carbons (Fsp3) is 0.700. The third kappa shape index (κ3) is 3.94. The Bertz CT molecular complexity index is 211. The molecule has 0 aliphatic heterocycles. The maximum atomic E-state index is 11.1. The van der Waals surface area contributed by atoms with E-state index in [9.17, 15) is 4.79 Å². The van der Waals surface area contributed by atoms with Gasteiger partial charge in [-0.25, -0.2) is 0 Å². The van der Waals surface area contributed by atoms with Crippen LogP contribution in [0.2, 0.25) is 0 Å². The zero-order chi connectivity index (χ0) is 9.68. The van der Waals surface area contributed by atoms with E-state index in [0.717, 1.165) is 13.0 Å². The maximum absolute atomic E-state index is 11.1. The maximum Gasteiger partial charge on any atom is 0.233 e. The number of hydrogen-bond donors (Lipinski definition) is 1. The Morgan fingerprint density at radius 1 is 1.77 bits per heavy atom. The number of alkyl halides is 1. The highest BCUT2D eigenvalue weighted by molar-refractivity contribution is 9.10. The van der Waals surface area contributed by atoms with Crippen LogP contribution in [-0.2, 0) is 4.79 Å². The van der Waals surface area contributed by atoms with Crippen molar-refractivity contribution in [2.45, 2.75) is 37.4 Å². The summed E-state index contributed by atoms with van der Waals surface area (Å²) in [6.45, 7) is 2.62. The fourth-order valence-corrected chi connectivity index (χ4v) is 1.61. The van der Waals surface area contributed by atoms with E-state index in [1.54, 1.807) is 0 Å². The molecule has 0 spiro atoms. The van der Waals surface area contributed by atoms with Gasteiger partial charge in [0.2, 0.25) is 5.91 Å². The van der Waals surface area contributed by atoms with Gasteiger partial charge in [0, 0.05) is 6.54 Å². The molecule has 0 heterocycles. The molecule has 1 aliphatic carbocycles. The van der Waals surface area contributed by atoms with E-state index in [-0.39, 0.29) is 10.7 Å². The summed E-state index contributed by atoms with van der Waals surface area (Å²) in [6.07, 6.45) is 7.05. The topological polar surface area (TPSA) is 29.1 Å². The second kappa shape index (κ2) is 5.43. The van der Waals surface area contributed by atoms with E-state index in [1.807, 2.05) is 6.92 Å². The molecule has 1 atom stereocenters. The van der Waals surface area contributed by atoms with Gasteiger partial charge in [-0.05, 0) is 32.6 Å². The summed E-state index contributed by atoms with van der Waals surface area (Å²) in [5.74, 6) is 0.0820. The largest absolute Gasteiger partial charge is 0.355 e. The van der Waals surface area contributed by atoms with Gasteiger partial charge in [0.1, 0.15) is 0 Å². The van der Waals surface area contributed by atoms with E-state index < -0.39 is 0 Å². The van der Waals surface area contributed by atoms with Crippen molar-refractivity contribution in [3.8, 4) is 0 Å². The van der Waals surface area contributed by atoms with Gasteiger partial charge in [-0.3, -0.25) is 4.79 Å². The fourth-order valence-electron chi connectivity index (χ4n) is 1.45. The molecular weight excluding hydrogens is 230 g/mol. The number of rotatable bonds is 4. The summed E-state index contributed by atoms with van der Waals surface area (Å²) >= 11 is 3.23.